The highest BCUT2D eigenvalue weighted by atomic mass is 35.5. The van der Waals surface area contributed by atoms with Gasteiger partial charge in [-0.3, -0.25) is 4.57 Å². The van der Waals surface area contributed by atoms with Crippen molar-refractivity contribution in [1.82, 2.24) is 19.5 Å². The molecule has 1 saturated heterocycles. The molecule has 3 N–H and O–H groups in total. The number of halogens is 1. The van der Waals surface area contributed by atoms with E-state index in [0.717, 1.165) is 19.3 Å². The van der Waals surface area contributed by atoms with Gasteiger partial charge in [0, 0.05) is 11.7 Å². The minimum atomic E-state index is -2.68. The monoisotopic (exact) mass is 613 g/mol. The Morgan fingerprint density at radius 2 is 1.75 bits per heavy atom. The van der Waals surface area contributed by atoms with Gasteiger partial charge in [0.15, 0.2) is 23.2 Å². The third-order valence-electron chi connectivity index (χ3n) is 9.54. The van der Waals surface area contributed by atoms with Crippen LogP contribution in [0.2, 0.25) is 5.28 Å². The van der Waals surface area contributed by atoms with Crippen molar-refractivity contribution in [3.63, 3.8) is 0 Å². The third kappa shape index (κ3) is 5.42. The molecule has 3 heterocycles. The number of nitrogens with zero attached hydrogens (tertiary/aromatic N) is 4. The molecular weight excluding hydrogens is 572 g/mol. The van der Waals surface area contributed by atoms with E-state index in [0.29, 0.717) is 33.7 Å². The van der Waals surface area contributed by atoms with Crippen LogP contribution in [0.1, 0.15) is 65.0 Å². The van der Waals surface area contributed by atoms with Crippen LogP contribution < -0.4 is 5.32 Å². The SMILES string of the molecule is C[C@]12C[C@@H]3C[C@](C)(C1)C[C@@](Nc1nc(Cl)nc4c1ncn4[C@@H]1O[C@H](CCP(C)(=O)CP(C)(C)=O)C(O)[C@@H]1O)(C3)C2. The van der Waals surface area contributed by atoms with Gasteiger partial charge in [0.25, 0.3) is 0 Å². The van der Waals surface area contributed by atoms with Gasteiger partial charge in [-0.15, -0.1) is 0 Å². The molecule has 222 valence electrons. The summed E-state index contributed by atoms with van der Waals surface area (Å²) in [6, 6.07) is 0. The Labute approximate surface area is 240 Å². The highest BCUT2D eigenvalue weighted by Crippen LogP contribution is 2.67. The molecule has 0 aromatic carbocycles. The highest BCUT2D eigenvalue weighted by molar-refractivity contribution is 7.79. The molecule has 0 spiro atoms. The van der Waals surface area contributed by atoms with E-state index in [1.54, 1.807) is 30.9 Å². The Bertz CT molecular complexity index is 1410. The molecule has 40 heavy (non-hydrogen) atoms. The second-order valence-electron chi connectivity index (χ2n) is 14.8. The standard InChI is InChI=1S/C27H42ClN5O5P2/c1-25-8-16-9-26(2,11-25)13-27(10-16,12-25)32-21-18-22(31-24(28)30-21)33(14-29-18)23-20(35)19(34)17(38-23)6-7-40(5,37)15-39(3,4)36/h14,16-17,19-20,23,34-35H,6-13,15H2,1-5H3,(H,30,31,32)/t16-,17-,19?,20+,23-,25+,26-,27-,40?/m1/s1. The summed E-state index contributed by atoms with van der Waals surface area (Å²) < 4.78 is 33.0. The number of fused-ring (bicyclic) bond motifs is 1. The minimum Gasteiger partial charge on any atom is -0.388 e. The van der Waals surface area contributed by atoms with Crippen molar-refractivity contribution in [2.45, 2.75) is 88.9 Å². The summed E-state index contributed by atoms with van der Waals surface area (Å²) in [7, 11) is -5.14. The predicted molar refractivity (Wildman–Crippen MR) is 157 cm³/mol. The second kappa shape index (κ2) is 9.49. The van der Waals surface area contributed by atoms with E-state index in [2.05, 4.69) is 34.1 Å². The number of hydrogen-bond acceptors (Lipinski definition) is 9. The van der Waals surface area contributed by atoms with Gasteiger partial charge in [0.05, 0.1) is 32.6 Å². The highest BCUT2D eigenvalue weighted by Gasteiger charge is 2.60. The molecule has 2 aromatic heterocycles. The van der Waals surface area contributed by atoms with Gasteiger partial charge in [-0.1, -0.05) is 13.8 Å². The van der Waals surface area contributed by atoms with E-state index in [1.807, 2.05) is 0 Å². The average molecular weight is 614 g/mol. The quantitative estimate of drug-likeness (QED) is 0.270. The molecule has 5 aliphatic rings. The van der Waals surface area contributed by atoms with Crippen molar-refractivity contribution in [2.24, 2.45) is 16.7 Å². The van der Waals surface area contributed by atoms with Crippen molar-refractivity contribution in [2.75, 3.05) is 37.4 Å². The van der Waals surface area contributed by atoms with Crippen molar-refractivity contribution in [3.8, 4) is 0 Å². The van der Waals surface area contributed by atoms with E-state index < -0.39 is 38.8 Å². The molecule has 7 rings (SSSR count). The molecule has 0 amide bonds. The van der Waals surface area contributed by atoms with Crippen LogP contribution in [-0.4, -0.2) is 85.6 Å². The predicted octanol–water partition coefficient (Wildman–Crippen LogP) is 5.22. The lowest BCUT2D eigenvalue weighted by Crippen LogP contribution is -2.61. The Hall–Kier alpha value is -1.02. The molecule has 1 aliphatic heterocycles. The van der Waals surface area contributed by atoms with E-state index in [9.17, 15) is 19.3 Å². The van der Waals surface area contributed by atoms with Crippen molar-refractivity contribution in [1.29, 1.82) is 0 Å². The lowest BCUT2D eigenvalue weighted by atomic mass is 9.43. The number of aromatic nitrogens is 4. The average Bonchev–Trinajstić information content (AvgIpc) is 3.29. The van der Waals surface area contributed by atoms with Crippen LogP contribution in [0.15, 0.2) is 6.33 Å². The normalized spacial score (nSPS) is 40.5. The number of aliphatic hydroxyl groups is 2. The van der Waals surface area contributed by atoms with Gasteiger partial charge in [-0.2, -0.15) is 9.97 Å². The molecule has 4 aliphatic carbocycles. The maximum atomic E-state index is 13.0. The Morgan fingerprint density at radius 3 is 2.38 bits per heavy atom. The molecule has 2 aromatic rings. The number of aliphatic hydroxyl groups excluding tert-OH is 2. The summed E-state index contributed by atoms with van der Waals surface area (Å²) in [5.74, 6) is 1.46. The third-order valence-corrected chi connectivity index (χ3v) is 16.0. The smallest absolute Gasteiger partial charge is 0.226 e. The molecule has 9 atom stereocenters. The number of anilines is 1. The van der Waals surface area contributed by atoms with Crippen LogP contribution in [-0.2, 0) is 13.9 Å². The van der Waals surface area contributed by atoms with Gasteiger partial charge in [-0.25, -0.2) is 4.98 Å². The summed E-state index contributed by atoms with van der Waals surface area (Å²) in [4.78, 5) is 13.6. The van der Waals surface area contributed by atoms with Crippen LogP contribution in [0, 0.1) is 16.7 Å². The molecule has 4 bridgehead atoms. The maximum Gasteiger partial charge on any atom is 0.226 e. The summed E-state index contributed by atoms with van der Waals surface area (Å²) in [5.41, 5.74) is 1.52. The van der Waals surface area contributed by atoms with Gasteiger partial charge in [-0.05, 0) is 93.3 Å². The van der Waals surface area contributed by atoms with Crippen LogP contribution in [0.4, 0.5) is 5.82 Å². The molecule has 2 unspecified atom stereocenters. The fourth-order valence-electron chi connectivity index (χ4n) is 9.39. The van der Waals surface area contributed by atoms with Crippen LogP contribution in [0.25, 0.3) is 11.2 Å². The summed E-state index contributed by atoms with van der Waals surface area (Å²) in [5, 5.41) is 25.6. The molecule has 4 saturated carbocycles. The first-order chi connectivity index (χ1) is 18.5. The van der Waals surface area contributed by atoms with Crippen molar-refractivity contribution >= 4 is 42.9 Å². The maximum absolute atomic E-state index is 13.0. The lowest BCUT2D eigenvalue weighted by molar-refractivity contribution is -0.0973. The zero-order valence-electron chi connectivity index (χ0n) is 24.0. The first kappa shape index (κ1) is 29.1. The van der Waals surface area contributed by atoms with Crippen molar-refractivity contribution < 1.29 is 24.1 Å². The van der Waals surface area contributed by atoms with E-state index >= 15 is 0 Å². The fraction of sp³-hybridized carbons (Fsp3) is 0.815. The van der Waals surface area contributed by atoms with Gasteiger partial charge in [0.2, 0.25) is 5.28 Å². The summed E-state index contributed by atoms with van der Waals surface area (Å²) in [6.45, 7) is 9.75. The second-order valence-corrected chi connectivity index (χ2v) is 22.4. The number of nitrogens with one attached hydrogen (secondary N) is 1. The first-order valence-electron chi connectivity index (χ1n) is 14.3. The van der Waals surface area contributed by atoms with Gasteiger partial charge >= 0.3 is 0 Å². The van der Waals surface area contributed by atoms with Crippen LogP contribution in [0.3, 0.4) is 0 Å². The minimum absolute atomic E-state index is 0.0685. The molecule has 13 heteroatoms. The summed E-state index contributed by atoms with van der Waals surface area (Å²) >= 11 is 6.44. The Balaban J connectivity index is 1.25. The fourth-order valence-corrected chi connectivity index (χ4v) is 16.7. The largest absolute Gasteiger partial charge is 0.388 e. The van der Waals surface area contributed by atoms with Crippen LogP contribution in [0.5, 0.6) is 0 Å². The number of rotatable bonds is 8. The van der Waals surface area contributed by atoms with Crippen molar-refractivity contribution in [3.05, 3.63) is 11.6 Å². The Kier molecular flexibility index (Phi) is 6.90. The topological polar surface area (TPSA) is 139 Å². The number of hydrogen-bond donors (Lipinski definition) is 3. The number of ether oxygens (including phenoxy) is 1. The first-order valence-corrected chi connectivity index (χ1v) is 20.0. The van der Waals surface area contributed by atoms with E-state index in [-0.39, 0.29) is 29.3 Å². The Morgan fingerprint density at radius 1 is 1.07 bits per heavy atom. The zero-order valence-corrected chi connectivity index (χ0v) is 26.6. The molecule has 0 radical (unpaired) electrons. The van der Waals surface area contributed by atoms with E-state index in [1.165, 1.54) is 19.3 Å². The van der Waals surface area contributed by atoms with Gasteiger partial charge < -0.3 is 29.4 Å². The number of imidazole rings is 1. The summed E-state index contributed by atoms with van der Waals surface area (Å²) in [6.07, 6.45) is 5.09. The zero-order chi connectivity index (χ0) is 28.9. The molecular formula is C27H42ClN5O5P2. The van der Waals surface area contributed by atoms with E-state index in [4.69, 9.17) is 16.3 Å². The molecule has 10 nitrogen and oxygen atoms in total. The molecule has 5 fully saturated rings. The van der Waals surface area contributed by atoms with Crippen LogP contribution >= 0.6 is 25.9 Å². The van der Waals surface area contributed by atoms with Gasteiger partial charge in [0.1, 0.15) is 12.2 Å². The lowest BCUT2D eigenvalue weighted by Gasteiger charge is -2.65.